The Balaban J connectivity index is 2.57. The quantitative estimate of drug-likeness (QED) is 0.765. The van der Waals surface area contributed by atoms with Crippen LogP contribution in [-0.2, 0) is 0 Å². The van der Waals surface area contributed by atoms with E-state index in [4.69, 9.17) is 5.73 Å². The number of anilines is 1. The van der Waals surface area contributed by atoms with Gasteiger partial charge in [-0.15, -0.1) is 0 Å². The molecule has 2 heteroatoms. The highest BCUT2D eigenvalue weighted by Gasteiger charge is 2.01. The van der Waals surface area contributed by atoms with E-state index < -0.39 is 0 Å². The molecule has 0 unspecified atom stereocenters. The van der Waals surface area contributed by atoms with Gasteiger partial charge in [-0.3, -0.25) is 0 Å². The van der Waals surface area contributed by atoms with Crippen molar-refractivity contribution in [1.82, 2.24) is 0 Å². The van der Waals surface area contributed by atoms with E-state index in [0.29, 0.717) is 0 Å². The zero-order chi connectivity index (χ0) is 9.97. The highest BCUT2D eigenvalue weighted by Crippen LogP contribution is 2.29. The zero-order valence-electron chi connectivity index (χ0n) is 7.57. The van der Waals surface area contributed by atoms with E-state index in [1.165, 1.54) is 5.56 Å². The van der Waals surface area contributed by atoms with Gasteiger partial charge in [-0.05, 0) is 29.3 Å². The molecule has 0 amide bonds. The summed E-state index contributed by atoms with van der Waals surface area (Å²) < 4.78 is 1.07. The molecule has 0 aliphatic heterocycles. The standard InChI is InChI=1S/C12H10BrN/c13-12-7-6-10(14)8-11(12)9-4-2-1-3-5-9/h1-8H,14H2. The van der Waals surface area contributed by atoms with E-state index in [0.717, 1.165) is 15.7 Å². The number of hydrogen-bond donors (Lipinski definition) is 1. The van der Waals surface area contributed by atoms with E-state index in [1.807, 2.05) is 36.4 Å². The molecule has 0 radical (unpaired) electrons. The topological polar surface area (TPSA) is 26.0 Å². The van der Waals surface area contributed by atoms with Gasteiger partial charge in [0, 0.05) is 10.2 Å². The number of halogens is 1. The van der Waals surface area contributed by atoms with Crippen molar-refractivity contribution in [3.8, 4) is 11.1 Å². The van der Waals surface area contributed by atoms with Gasteiger partial charge in [-0.2, -0.15) is 0 Å². The molecule has 0 aromatic heterocycles. The van der Waals surface area contributed by atoms with Crippen LogP contribution in [0, 0.1) is 0 Å². The number of benzene rings is 2. The van der Waals surface area contributed by atoms with Crippen molar-refractivity contribution < 1.29 is 0 Å². The van der Waals surface area contributed by atoms with E-state index in [-0.39, 0.29) is 0 Å². The van der Waals surface area contributed by atoms with Crippen molar-refractivity contribution in [1.29, 1.82) is 0 Å². The molecule has 2 rings (SSSR count). The van der Waals surface area contributed by atoms with Gasteiger partial charge in [-0.25, -0.2) is 0 Å². The molecule has 1 nitrogen and oxygen atoms in total. The van der Waals surface area contributed by atoms with Gasteiger partial charge in [0.15, 0.2) is 0 Å². The summed E-state index contributed by atoms with van der Waals surface area (Å²) in [5.41, 5.74) is 8.83. The Morgan fingerprint density at radius 2 is 1.64 bits per heavy atom. The lowest BCUT2D eigenvalue weighted by molar-refractivity contribution is 1.58. The second kappa shape index (κ2) is 3.84. The Bertz CT molecular complexity index is 437. The van der Waals surface area contributed by atoms with Crippen LogP contribution in [0.3, 0.4) is 0 Å². The maximum atomic E-state index is 5.74. The fraction of sp³-hybridized carbons (Fsp3) is 0. The first kappa shape index (κ1) is 9.28. The van der Waals surface area contributed by atoms with Crippen LogP contribution in [0.1, 0.15) is 0 Å². The Kier molecular flexibility index (Phi) is 2.55. The minimum absolute atomic E-state index is 0.784. The van der Waals surface area contributed by atoms with Gasteiger partial charge in [0.2, 0.25) is 0 Å². The molecule has 0 aliphatic rings. The maximum Gasteiger partial charge on any atom is 0.0321 e. The molecule has 0 aliphatic carbocycles. The van der Waals surface area contributed by atoms with Crippen molar-refractivity contribution in [3.63, 3.8) is 0 Å². The number of nitrogens with two attached hydrogens (primary N) is 1. The van der Waals surface area contributed by atoms with Crippen LogP contribution < -0.4 is 5.73 Å². The third-order valence-corrected chi connectivity index (χ3v) is 2.77. The molecule has 2 N–H and O–H groups in total. The Hall–Kier alpha value is -1.28. The molecule has 14 heavy (non-hydrogen) atoms. The summed E-state index contributed by atoms with van der Waals surface area (Å²) in [5, 5.41) is 0. The van der Waals surface area contributed by atoms with Gasteiger partial charge in [0.1, 0.15) is 0 Å². The second-order valence-corrected chi connectivity index (χ2v) is 3.96. The van der Waals surface area contributed by atoms with Crippen molar-refractivity contribution in [2.24, 2.45) is 0 Å². The maximum absolute atomic E-state index is 5.74. The lowest BCUT2D eigenvalue weighted by Gasteiger charge is -2.05. The average molecular weight is 248 g/mol. The molecular weight excluding hydrogens is 238 g/mol. The summed E-state index contributed by atoms with van der Waals surface area (Å²) in [5.74, 6) is 0. The molecule has 0 saturated heterocycles. The molecule has 0 saturated carbocycles. The minimum Gasteiger partial charge on any atom is -0.399 e. The van der Waals surface area contributed by atoms with E-state index >= 15 is 0 Å². The zero-order valence-corrected chi connectivity index (χ0v) is 9.16. The molecule has 0 fully saturated rings. The number of rotatable bonds is 1. The molecule has 70 valence electrons. The van der Waals surface area contributed by atoms with Gasteiger partial charge in [0.05, 0.1) is 0 Å². The summed E-state index contributed by atoms with van der Waals surface area (Å²) in [6, 6.07) is 16.0. The van der Waals surface area contributed by atoms with Gasteiger partial charge >= 0.3 is 0 Å². The molecule has 2 aromatic carbocycles. The van der Waals surface area contributed by atoms with Gasteiger partial charge in [0.25, 0.3) is 0 Å². The summed E-state index contributed by atoms with van der Waals surface area (Å²) in [6.07, 6.45) is 0. The first-order valence-electron chi connectivity index (χ1n) is 4.38. The van der Waals surface area contributed by atoms with Crippen LogP contribution in [0.5, 0.6) is 0 Å². The van der Waals surface area contributed by atoms with E-state index in [9.17, 15) is 0 Å². The normalized spacial score (nSPS) is 10.1. The average Bonchev–Trinajstić information content (AvgIpc) is 2.23. The van der Waals surface area contributed by atoms with E-state index in [2.05, 4.69) is 28.1 Å². The summed E-state index contributed by atoms with van der Waals surface area (Å²) >= 11 is 3.51. The van der Waals surface area contributed by atoms with Crippen LogP contribution in [0.25, 0.3) is 11.1 Å². The summed E-state index contributed by atoms with van der Waals surface area (Å²) in [7, 11) is 0. The molecular formula is C12H10BrN. The third-order valence-electron chi connectivity index (χ3n) is 2.08. The lowest BCUT2D eigenvalue weighted by Crippen LogP contribution is -1.86. The van der Waals surface area contributed by atoms with Crippen LogP contribution in [0.4, 0.5) is 5.69 Å². The fourth-order valence-electron chi connectivity index (χ4n) is 1.38. The Labute approximate surface area is 91.7 Å². The Morgan fingerprint density at radius 1 is 0.929 bits per heavy atom. The van der Waals surface area contributed by atoms with Gasteiger partial charge < -0.3 is 5.73 Å². The SMILES string of the molecule is Nc1ccc(Br)c(-c2ccccc2)c1. The van der Waals surface area contributed by atoms with Crippen molar-refractivity contribution in [2.75, 3.05) is 5.73 Å². The highest BCUT2D eigenvalue weighted by atomic mass is 79.9. The number of nitrogen functional groups attached to an aromatic ring is 1. The first-order chi connectivity index (χ1) is 6.77. The van der Waals surface area contributed by atoms with Gasteiger partial charge in [-0.1, -0.05) is 46.3 Å². The third kappa shape index (κ3) is 1.80. The highest BCUT2D eigenvalue weighted by molar-refractivity contribution is 9.10. The second-order valence-electron chi connectivity index (χ2n) is 3.11. The minimum atomic E-state index is 0.784. The Morgan fingerprint density at radius 3 is 2.36 bits per heavy atom. The molecule has 0 atom stereocenters. The largest absolute Gasteiger partial charge is 0.399 e. The van der Waals surface area contributed by atoms with Crippen LogP contribution in [0.15, 0.2) is 53.0 Å². The summed E-state index contributed by atoms with van der Waals surface area (Å²) in [4.78, 5) is 0. The molecule has 0 bridgehead atoms. The smallest absolute Gasteiger partial charge is 0.0321 e. The predicted molar refractivity (Wildman–Crippen MR) is 64.0 cm³/mol. The molecule has 0 heterocycles. The monoisotopic (exact) mass is 247 g/mol. The van der Waals surface area contributed by atoms with Crippen LogP contribution in [-0.4, -0.2) is 0 Å². The van der Waals surface area contributed by atoms with E-state index in [1.54, 1.807) is 0 Å². The predicted octanol–water partition coefficient (Wildman–Crippen LogP) is 3.70. The summed E-state index contributed by atoms with van der Waals surface area (Å²) in [6.45, 7) is 0. The fourth-order valence-corrected chi connectivity index (χ4v) is 1.86. The van der Waals surface area contributed by atoms with Crippen LogP contribution >= 0.6 is 15.9 Å². The van der Waals surface area contributed by atoms with Crippen molar-refractivity contribution in [2.45, 2.75) is 0 Å². The molecule has 2 aromatic rings. The van der Waals surface area contributed by atoms with Crippen LogP contribution in [0.2, 0.25) is 0 Å². The number of hydrogen-bond acceptors (Lipinski definition) is 1. The lowest BCUT2D eigenvalue weighted by atomic mass is 10.1. The first-order valence-corrected chi connectivity index (χ1v) is 5.17. The van der Waals surface area contributed by atoms with Crippen molar-refractivity contribution >= 4 is 21.6 Å². The molecule has 0 spiro atoms. The van der Waals surface area contributed by atoms with Crippen molar-refractivity contribution in [3.05, 3.63) is 53.0 Å².